The van der Waals surface area contributed by atoms with Crippen molar-refractivity contribution < 1.29 is 0 Å². The van der Waals surface area contributed by atoms with Crippen LogP contribution in [0.15, 0.2) is 83.6 Å². The van der Waals surface area contributed by atoms with Crippen molar-refractivity contribution in [3.8, 4) is 0 Å². The molecule has 0 spiro atoms. The second-order valence-corrected chi connectivity index (χ2v) is 8.09. The van der Waals surface area contributed by atoms with Crippen LogP contribution >= 0.6 is 22.6 Å². The van der Waals surface area contributed by atoms with Crippen molar-refractivity contribution in [1.29, 1.82) is 0 Å². The standard InChI is InChI=1S/C24H29I/c1-3-9-19(11-8-17-25)21-15-16-24(20-12-5-4-10-18(20)2)23-14-7-6-13-22(21)23/h4-5,7-12,14-16,18,20-22H,3,6,13,17H2,1-2H3/b11-8-,19-9+. The molecule has 3 rings (SSSR count). The fourth-order valence-electron chi connectivity index (χ4n) is 4.37. The van der Waals surface area contributed by atoms with Gasteiger partial charge in [-0.1, -0.05) is 103 Å². The highest BCUT2D eigenvalue weighted by atomic mass is 127. The first-order chi connectivity index (χ1) is 12.3. The molecule has 0 fully saturated rings. The van der Waals surface area contributed by atoms with Crippen molar-refractivity contribution in [2.75, 3.05) is 4.43 Å². The van der Waals surface area contributed by atoms with Gasteiger partial charge in [0.25, 0.3) is 0 Å². The number of alkyl halides is 1. The predicted molar refractivity (Wildman–Crippen MR) is 119 cm³/mol. The second-order valence-electron chi connectivity index (χ2n) is 7.21. The molecule has 0 N–H and O–H groups in total. The van der Waals surface area contributed by atoms with Crippen LogP contribution in [-0.4, -0.2) is 4.43 Å². The lowest BCUT2D eigenvalue weighted by Gasteiger charge is -2.37. The molecule has 4 atom stereocenters. The van der Waals surface area contributed by atoms with Crippen molar-refractivity contribution in [1.82, 2.24) is 0 Å². The van der Waals surface area contributed by atoms with Gasteiger partial charge in [0.2, 0.25) is 0 Å². The van der Waals surface area contributed by atoms with Gasteiger partial charge in [-0.15, -0.1) is 0 Å². The summed E-state index contributed by atoms with van der Waals surface area (Å²) in [6.45, 7) is 4.58. The van der Waals surface area contributed by atoms with Crippen molar-refractivity contribution in [3.63, 3.8) is 0 Å². The van der Waals surface area contributed by atoms with E-state index in [9.17, 15) is 0 Å². The third-order valence-corrected chi connectivity index (χ3v) is 6.09. The Morgan fingerprint density at radius 1 is 1.16 bits per heavy atom. The molecule has 3 aliphatic carbocycles. The summed E-state index contributed by atoms with van der Waals surface area (Å²) < 4.78 is 1.07. The molecule has 0 aromatic rings. The Bertz CT molecular complexity index is 681. The molecule has 0 radical (unpaired) electrons. The fourth-order valence-corrected chi connectivity index (χ4v) is 4.62. The maximum absolute atomic E-state index is 2.49. The zero-order chi connectivity index (χ0) is 17.6. The zero-order valence-corrected chi connectivity index (χ0v) is 17.5. The third-order valence-electron chi connectivity index (χ3n) is 5.59. The van der Waals surface area contributed by atoms with Crippen molar-refractivity contribution in [2.45, 2.75) is 33.1 Å². The summed E-state index contributed by atoms with van der Waals surface area (Å²) in [7, 11) is 0. The Morgan fingerprint density at radius 3 is 2.76 bits per heavy atom. The van der Waals surface area contributed by atoms with Gasteiger partial charge in [-0.3, -0.25) is 0 Å². The van der Waals surface area contributed by atoms with E-state index >= 15 is 0 Å². The molecule has 132 valence electrons. The van der Waals surface area contributed by atoms with E-state index in [-0.39, 0.29) is 0 Å². The minimum atomic E-state index is 0.519. The molecule has 4 unspecified atom stereocenters. The Hall–Kier alpha value is -1.09. The molecule has 3 aliphatic rings. The van der Waals surface area contributed by atoms with Crippen LogP contribution in [0.5, 0.6) is 0 Å². The highest BCUT2D eigenvalue weighted by Gasteiger charge is 2.32. The highest BCUT2D eigenvalue weighted by molar-refractivity contribution is 14.1. The van der Waals surface area contributed by atoms with Crippen LogP contribution in [0.25, 0.3) is 0 Å². The summed E-state index contributed by atoms with van der Waals surface area (Å²) in [4.78, 5) is 0. The summed E-state index contributed by atoms with van der Waals surface area (Å²) >= 11 is 2.43. The maximum Gasteiger partial charge on any atom is 0.0179 e. The summed E-state index contributed by atoms with van der Waals surface area (Å²) in [5, 5.41) is 0. The Balaban J connectivity index is 1.96. The predicted octanol–water partition coefficient (Wildman–Crippen LogP) is 7.14. The lowest BCUT2D eigenvalue weighted by molar-refractivity contribution is 0.454. The Labute approximate surface area is 167 Å². The molecule has 0 bridgehead atoms. The average Bonchev–Trinajstić information content (AvgIpc) is 2.65. The molecule has 0 saturated carbocycles. The number of rotatable bonds is 5. The quantitative estimate of drug-likeness (QED) is 0.240. The molecule has 0 saturated heterocycles. The summed E-state index contributed by atoms with van der Waals surface area (Å²) in [6, 6.07) is 0. The topological polar surface area (TPSA) is 0 Å². The van der Waals surface area contributed by atoms with Gasteiger partial charge < -0.3 is 0 Å². The molecule has 0 aromatic heterocycles. The normalized spacial score (nSPS) is 31.9. The van der Waals surface area contributed by atoms with Crippen LogP contribution in [0.3, 0.4) is 0 Å². The van der Waals surface area contributed by atoms with E-state index in [0.717, 1.165) is 10.8 Å². The van der Waals surface area contributed by atoms with E-state index in [0.29, 0.717) is 23.7 Å². The van der Waals surface area contributed by atoms with Gasteiger partial charge in [-0.2, -0.15) is 0 Å². The molecule has 0 heterocycles. The Kier molecular flexibility index (Phi) is 6.75. The fraction of sp³-hybridized carbons (Fsp3) is 0.417. The smallest absolute Gasteiger partial charge is 0.0179 e. The van der Waals surface area contributed by atoms with E-state index in [1.165, 1.54) is 18.4 Å². The molecule has 0 amide bonds. The number of fused-ring (bicyclic) bond motifs is 1. The molecular weight excluding hydrogens is 415 g/mol. The molecule has 0 nitrogen and oxygen atoms in total. The van der Waals surface area contributed by atoms with E-state index in [4.69, 9.17) is 0 Å². The molecule has 0 aliphatic heterocycles. The third kappa shape index (κ3) is 4.19. The van der Waals surface area contributed by atoms with E-state index in [2.05, 4.69) is 103 Å². The van der Waals surface area contributed by atoms with Gasteiger partial charge in [0, 0.05) is 16.3 Å². The summed E-state index contributed by atoms with van der Waals surface area (Å²) in [6.07, 6.45) is 29.5. The minimum Gasteiger partial charge on any atom is -0.0842 e. The van der Waals surface area contributed by atoms with Crippen molar-refractivity contribution >= 4 is 22.6 Å². The minimum absolute atomic E-state index is 0.519. The average molecular weight is 444 g/mol. The molecule has 25 heavy (non-hydrogen) atoms. The van der Waals surface area contributed by atoms with Crippen LogP contribution < -0.4 is 0 Å². The lowest BCUT2D eigenvalue weighted by atomic mass is 9.68. The first-order valence-corrected chi connectivity index (χ1v) is 11.1. The van der Waals surface area contributed by atoms with Crippen LogP contribution in [0, 0.1) is 23.7 Å². The second kappa shape index (κ2) is 9.02. The van der Waals surface area contributed by atoms with Gasteiger partial charge in [0.15, 0.2) is 0 Å². The molecular formula is C24H29I. The summed E-state index contributed by atoms with van der Waals surface area (Å²) in [5.41, 5.74) is 4.62. The molecule has 1 heteroatoms. The monoisotopic (exact) mass is 444 g/mol. The van der Waals surface area contributed by atoms with Crippen LogP contribution in [0.1, 0.15) is 33.1 Å². The van der Waals surface area contributed by atoms with Crippen LogP contribution in [-0.2, 0) is 0 Å². The van der Waals surface area contributed by atoms with Crippen molar-refractivity contribution in [3.05, 3.63) is 83.6 Å². The zero-order valence-electron chi connectivity index (χ0n) is 15.4. The van der Waals surface area contributed by atoms with E-state index in [1.54, 1.807) is 11.1 Å². The van der Waals surface area contributed by atoms with Gasteiger partial charge in [-0.25, -0.2) is 0 Å². The Morgan fingerprint density at radius 2 is 2.00 bits per heavy atom. The van der Waals surface area contributed by atoms with Gasteiger partial charge >= 0.3 is 0 Å². The largest absolute Gasteiger partial charge is 0.0842 e. The molecule has 0 aromatic carbocycles. The van der Waals surface area contributed by atoms with Gasteiger partial charge in [-0.05, 0) is 47.8 Å². The van der Waals surface area contributed by atoms with Gasteiger partial charge in [0.05, 0.1) is 0 Å². The van der Waals surface area contributed by atoms with Crippen LogP contribution in [0.4, 0.5) is 0 Å². The van der Waals surface area contributed by atoms with E-state index in [1.807, 2.05) is 0 Å². The van der Waals surface area contributed by atoms with E-state index < -0.39 is 0 Å². The van der Waals surface area contributed by atoms with Gasteiger partial charge in [0.1, 0.15) is 0 Å². The first kappa shape index (κ1) is 18.7. The summed E-state index contributed by atoms with van der Waals surface area (Å²) in [5.74, 6) is 2.26. The number of hydrogen-bond acceptors (Lipinski definition) is 0. The number of hydrogen-bond donors (Lipinski definition) is 0. The SMILES string of the molecule is CC/C=C(\C=C/CI)C1C=CC(C2C=CC=CC2C)=C2C=CCCC21. The number of allylic oxidation sites excluding steroid dienone is 14. The maximum atomic E-state index is 2.49. The van der Waals surface area contributed by atoms with Crippen molar-refractivity contribution in [2.24, 2.45) is 23.7 Å². The highest BCUT2D eigenvalue weighted by Crippen LogP contribution is 2.44. The number of halogens is 1. The lowest BCUT2D eigenvalue weighted by Crippen LogP contribution is -2.25. The first-order valence-electron chi connectivity index (χ1n) is 9.62. The van der Waals surface area contributed by atoms with Crippen LogP contribution in [0.2, 0.25) is 0 Å².